The van der Waals surface area contributed by atoms with E-state index >= 15 is 0 Å². The van der Waals surface area contributed by atoms with E-state index in [1.165, 1.54) is 18.3 Å². The summed E-state index contributed by atoms with van der Waals surface area (Å²) in [5.41, 5.74) is 2.08. The van der Waals surface area contributed by atoms with Gasteiger partial charge >= 0.3 is 0 Å². The van der Waals surface area contributed by atoms with Crippen LogP contribution in [0, 0.1) is 0 Å². The van der Waals surface area contributed by atoms with Crippen LogP contribution in [0.15, 0.2) is 77.8 Å². The number of rotatable bonds is 7. The number of hydrogen-bond donors (Lipinski definition) is 1. The highest BCUT2D eigenvalue weighted by atomic mass is 32.1. The second-order valence-electron chi connectivity index (χ2n) is 7.25. The van der Waals surface area contributed by atoms with Gasteiger partial charge in [-0.15, -0.1) is 0 Å². The first-order valence-corrected chi connectivity index (χ1v) is 11.2. The first kappa shape index (κ1) is 22.4. The third kappa shape index (κ3) is 5.54. The summed E-state index contributed by atoms with van der Waals surface area (Å²) in [6, 6.07) is 22.0. The maximum absolute atomic E-state index is 12.9. The minimum absolute atomic E-state index is 0.141. The lowest BCUT2D eigenvalue weighted by molar-refractivity contribution is -0.114. The highest BCUT2D eigenvalue weighted by molar-refractivity contribution is 7.16. The van der Waals surface area contributed by atoms with Crippen LogP contribution in [0.2, 0.25) is 0 Å². The molecule has 4 rings (SSSR count). The van der Waals surface area contributed by atoms with E-state index in [2.05, 4.69) is 10.3 Å². The van der Waals surface area contributed by atoms with Crippen molar-refractivity contribution in [3.63, 3.8) is 0 Å². The molecule has 0 fully saturated rings. The second-order valence-corrected chi connectivity index (χ2v) is 8.26. The molecule has 0 aliphatic carbocycles. The number of hydrogen-bond acceptors (Lipinski definition) is 5. The Hall–Kier alpha value is -3.75. The van der Waals surface area contributed by atoms with Gasteiger partial charge in [-0.2, -0.15) is 4.99 Å². The normalized spacial score (nSPS) is 11.5. The van der Waals surface area contributed by atoms with E-state index in [1.807, 2.05) is 53.1 Å². The Labute approximate surface area is 194 Å². The maximum Gasteiger partial charge on any atom is 0.279 e. The molecule has 0 atom stereocenters. The van der Waals surface area contributed by atoms with Gasteiger partial charge in [-0.05, 0) is 54.6 Å². The number of anilines is 1. The minimum Gasteiger partial charge on any atom is -0.457 e. The van der Waals surface area contributed by atoms with Gasteiger partial charge < -0.3 is 19.4 Å². The number of nitrogens with one attached hydrogen (secondary N) is 1. The van der Waals surface area contributed by atoms with Crippen molar-refractivity contribution >= 4 is 39.1 Å². The summed E-state index contributed by atoms with van der Waals surface area (Å²) in [5, 5.41) is 2.78. The Kier molecular flexibility index (Phi) is 6.97. The number of amides is 2. The van der Waals surface area contributed by atoms with Gasteiger partial charge in [0.15, 0.2) is 4.80 Å². The Morgan fingerprint density at radius 3 is 2.42 bits per heavy atom. The second kappa shape index (κ2) is 10.2. The Bertz CT molecular complexity index is 1340. The van der Waals surface area contributed by atoms with Gasteiger partial charge in [0.25, 0.3) is 5.91 Å². The van der Waals surface area contributed by atoms with Crippen molar-refractivity contribution < 1.29 is 19.1 Å². The number of carbonyl (C=O) groups excluding carboxylic acids is 2. The Morgan fingerprint density at radius 1 is 1.00 bits per heavy atom. The topological polar surface area (TPSA) is 81.9 Å². The molecule has 0 bridgehead atoms. The van der Waals surface area contributed by atoms with Crippen LogP contribution >= 0.6 is 11.3 Å². The molecular weight excluding hydrogens is 438 g/mol. The summed E-state index contributed by atoms with van der Waals surface area (Å²) >= 11 is 1.39. The number of benzene rings is 3. The van der Waals surface area contributed by atoms with Crippen LogP contribution in [-0.2, 0) is 16.1 Å². The smallest absolute Gasteiger partial charge is 0.279 e. The van der Waals surface area contributed by atoms with E-state index < -0.39 is 0 Å². The minimum atomic E-state index is -0.346. The number of para-hydroxylation sites is 1. The molecule has 2 amide bonds. The molecule has 0 aliphatic heterocycles. The molecule has 1 aromatic heterocycles. The van der Waals surface area contributed by atoms with Crippen molar-refractivity contribution in [3.05, 3.63) is 83.2 Å². The van der Waals surface area contributed by atoms with Crippen LogP contribution in [0.3, 0.4) is 0 Å². The van der Waals surface area contributed by atoms with E-state index in [-0.39, 0.29) is 11.8 Å². The van der Waals surface area contributed by atoms with E-state index in [0.29, 0.717) is 35.0 Å². The summed E-state index contributed by atoms with van der Waals surface area (Å²) in [5.74, 6) is 0.878. The van der Waals surface area contributed by atoms with Crippen LogP contribution < -0.4 is 14.9 Å². The molecule has 1 N–H and O–H groups in total. The molecule has 33 heavy (non-hydrogen) atoms. The van der Waals surface area contributed by atoms with Crippen LogP contribution in [0.5, 0.6) is 11.5 Å². The van der Waals surface area contributed by atoms with Gasteiger partial charge in [-0.1, -0.05) is 29.5 Å². The van der Waals surface area contributed by atoms with Gasteiger partial charge in [0.2, 0.25) is 5.91 Å². The molecule has 0 saturated carbocycles. The fourth-order valence-corrected chi connectivity index (χ4v) is 4.37. The van der Waals surface area contributed by atoms with E-state index in [4.69, 9.17) is 9.47 Å². The number of ether oxygens (including phenoxy) is 2. The first-order valence-electron chi connectivity index (χ1n) is 10.4. The molecule has 1 heterocycles. The molecule has 7 nitrogen and oxygen atoms in total. The largest absolute Gasteiger partial charge is 0.457 e. The van der Waals surface area contributed by atoms with Crippen LogP contribution in [0.1, 0.15) is 17.3 Å². The van der Waals surface area contributed by atoms with E-state index in [1.54, 1.807) is 31.4 Å². The maximum atomic E-state index is 12.9. The summed E-state index contributed by atoms with van der Waals surface area (Å²) in [4.78, 5) is 29.2. The third-order valence-corrected chi connectivity index (χ3v) is 5.84. The zero-order valence-electron chi connectivity index (χ0n) is 18.3. The van der Waals surface area contributed by atoms with Gasteiger partial charge in [0.05, 0.1) is 16.8 Å². The zero-order chi connectivity index (χ0) is 23.2. The molecule has 0 unspecified atom stereocenters. The molecule has 0 radical (unpaired) electrons. The summed E-state index contributed by atoms with van der Waals surface area (Å²) < 4.78 is 13.9. The number of methoxy groups -OCH3 is 1. The SMILES string of the molecule is COCCn1c(=NC(=O)c2ccc(Oc3ccccc3)cc2)sc2cc(NC(C)=O)ccc21. The number of fused-ring (bicyclic) bond motifs is 1. The average molecular weight is 462 g/mol. The quantitative estimate of drug-likeness (QED) is 0.427. The predicted octanol–water partition coefficient (Wildman–Crippen LogP) is 4.84. The highest BCUT2D eigenvalue weighted by Gasteiger charge is 2.11. The predicted molar refractivity (Wildman–Crippen MR) is 129 cm³/mol. The number of nitrogens with zero attached hydrogens (tertiary/aromatic N) is 2. The van der Waals surface area contributed by atoms with Crippen molar-refractivity contribution in [2.24, 2.45) is 4.99 Å². The number of thiazole rings is 1. The van der Waals surface area contributed by atoms with Gasteiger partial charge in [-0.25, -0.2) is 0 Å². The molecular formula is C25H23N3O4S. The Balaban J connectivity index is 1.63. The van der Waals surface area contributed by atoms with E-state index in [0.717, 1.165) is 16.0 Å². The summed E-state index contributed by atoms with van der Waals surface area (Å²) in [6.45, 7) is 2.49. The van der Waals surface area contributed by atoms with Crippen molar-refractivity contribution in [1.29, 1.82) is 0 Å². The fraction of sp³-hybridized carbons (Fsp3) is 0.160. The van der Waals surface area contributed by atoms with Crippen LogP contribution in [0.25, 0.3) is 10.2 Å². The molecule has 8 heteroatoms. The highest BCUT2D eigenvalue weighted by Crippen LogP contribution is 2.23. The van der Waals surface area contributed by atoms with Crippen molar-refractivity contribution in [3.8, 4) is 11.5 Å². The van der Waals surface area contributed by atoms with Crippen molar-refractivity contribution in [2.75, 3.05) is 19.0 Å². The fourth-order valence-electron chi connectivity index (χ4n) is 3.28. The lowest BCUT2D eigenvalue weighted by Crippen LogP contribution is -2.19. The lowest BCUT2D eigenvalue weighted by atomic mass is 10.2. The van der Waals surface area contributed by atoms with Crippen molar-refractivity contribution in [2.45, 2.75) is 13.5 Å². The Morgan fingerprint density at radius 2 is 1.73 bits per heavy atom. The average Bonchev–Trinajstić information content (AvgIpc) is 3.14. The van der Waals surface area contributed by atoms with Crippen molar-refractivity contribution in [1.82, 2.24) is 4.57 Å². The standard InChI is InChI=1S/C25H23N3O4S/c1-17(29)26-19-10-13-22-23(16-19)33-25(28(22)14-15-31-2)27-24(30)18-8-11-21(12-9-18)32-20-6-4-3-5-7-20/h3-13,16H,14-15H2,1-2H3,(H,26,29). The monoisotopic (exact) mass is 461 g/mol. The van der Waals surface area contributed by atoms with Crippen LogP contribution in [0.4, 0.5) is 5.69 Å². The lowest BCUT2D eigenvalue weighted by Gasteiger charge is -2.06. The number of carbonyl (C=O) groups is 2. The summed E-state index contributed by atoms with van der Waals surface area (Å²) in [7, 11) is 1.63. The third-order valence-electron chi connectivity index (χ3n) is 4.80. The molecule has 4 aromatic rings. The zero-order valence-corrected chi connectivity index (χ0v) is 19.1. The number of aromatic nitrogens is 1. The molecule has 0 spiro atoms. The van der Waals surface area contributed by atoms with Gasteiger partial charge in [-0.3, -0.25) is 9.59 Å². The van der Waals surface area contributed by atoms with Gasteiger partial charge in [0, 0.05) is 31.8 Å². The molecule has 0 aliphatic rings. The molecule has 168 valence electrons. The van der Waals surface area contributed by atoms with E-state index in [9.17, 15) is 9.59 Å². The first-order chi connectivity index (χ1) is 16.0. The van der Waals surface area contributed by atoms with Crippen LogP contribution in [-0.4, -0.2) is 30.1 Å². The molecule has 0 saturated heterocycles. The summed E-state index contributed by atoms with van der Waals surface area (Å²) in [6.07, 6.45) is 0. The molecule has 3 aromatic carbocycles. The van der Waals surface area contributed by atoms with Gasteiger partial charge in [0.1, 0.15) is 11.5 Å².